The second-order valence-electron chi connectivity index (χ2n) is 4.02. The van der Waals surface area contributed by atoms with E-state index in [1.807, 2.05) is 6.92 Å². The number of amides is 2. The van der Waals surface area contributed by atoms with Crippen molar-refractivity contribution in [3.63, 3.8) is 0 Å². The van der Waals surface area contributed by atoms with Gasteiger partial charge in [0.2, 0.25) is 0 Å². The van der Waals surface area contributed by atoms with Gasteiger partial charge < -0.3 is 15.7 Å². The molecule has 0 bridgehead atoms. The Labute approximate surface area is 89.2 Å². The summed E-state index contributed by atoms with van der Waals surface area (Å²) in [7, 11) is 0. The smallest absolute Gasteiger partial charge is 0.315 e. The van der Waals surface area contributed by atoms with Crippen LogP contribution in [0, 0.1) is 5.92 Å². The van der Waals surface area contributed by atoms with Crippen LogP contribution in [0.1, 0.15) is 32.6 Å². The van der Waals surface area contributed by atoms with Crippen LogP contribution in [0.15, 0.2) is 0 Å². The predicted octanol–water partition coefficient (Wildman–Crippen LogP) is 0.949. The number of nitrogens with one attached hydrogen (secondary N) is 2. The molecule has 0 aliphatic heterocycles. The molecule has 3 N–H and O–H groups in total. The summed E-state index contributed by atoms with van der Waals surface area (Å²) >= 11 is 0. The lowest BCUT2D eigenvalue weighted by molar-refractivity contribution is -0.137. The van der Waals surface area contributed by atoms with Gasteiger partial charge in [-0.05, 0) is 32.1 Å². The van der Waals surface area contributed by atoms with Gasteiger partial charge in [0.1, 0.15) is 0 Å². The zero-order valence-corrected chi connectivity index (χ0v) is 8.95. The van der Waals surface area contributed by atoms with E-state index in [0.29, 0.717) is 18.9 Å². The fourth-order valence-electron chi connectivity index (χ4n) is 1.41. The molecule has 0 radical (unpaired) electrons. The van der Waals surface area contributed by atoms with Crippen LogP contribution in [0.2, 0.25) is 0 Å². The van der Waals surface area contributed by atoms with Gasteiger partial charge in [-0.2, -0.15) is 0 Å². The molecule has 1 fully saturated rings. The molecule has 1 aliphatic carbocycles. The maximum Gasteiger partial charge on any atom is 0.315 e. The first-order valence-electron chi connectivity index (χ1n) is 5.35. The van der Waals surface area contributed by atoms with Crippen molar-refractivity contribution >= 4 is 12.0 Å². The van der Waals surface area contributed by atoms with E-state index >= 15 is 0 Å². The SMILES string of the molecule is CC(NC(=O)NCCCC(=O)O)C1CC1. The van der Waals surface area contributed by atoms with Crippen molar-refractivity contribution in [3.8, 4) is 0 Å². The summed E-state index contributed by atoms with van der Waals surface area (Å²) in [6.07, 6.45) is 2.96. The zero-order chi connectivity index (χ0) is 11.3. The molecule has 1 atom stereocenters. The minimum absolute atomic E-state index is 0.0957. The van der Waals surface area contributed by atoms with Crippen LogP contribution >= 0.6 is 0 Å². The Bertz CT molecular complexity index is 239. The van der Waals surface area contributed by atoms with E-state index in [1.165, 1.54) is 12.8 Å². The van der Waals surface area contributed by atoms with E-state index in [0.717, 1.165) is 0 Å². The zero-order valence-electron chi connectivity index (χ0n) is 8.95. The highest BCUT2D eigenvalue weighted by Gasteiger charge is 2.28. The van der Waals surface area contributed by atoms with Crippen molar-refractivity contribution in [1.82, 2.24) is 10.6 Å². The molecule has 5 nitrogen and oxygen atoms in total. The van der Waals surface area contributed by atoms with Gasteiger partial charge in [0.15, 0.2) is 0 Å². The number of carboxylic acids is 1. The first-order valence-corrected chi connectivity index (χ1v) is 5.35. The first-order chi connectivity index (χ1) is 7.09. The van der Waals surface area contributed by atoms with Gasteiger partial charge in [0.25, 0.3) is 0 Å². The highest BCUT2D eigenvalue weighted by Crippen LogP contribution is 2.32. The number of urea groups is 1. The molecule has 1 rings (SSSR count). The van der Waals surface area contributed by atoms with Crippen molar-refractivity contribution in [2.75, 3.05) is 6.54 Å². The van der Waals surface area contributed by atoms with Gasteiger partial charge in [0.05, 0.1) is 0 Å². The Morgan fingerprint density at radius 1 is 1.47 bits per heavy atom. The first kappa shape index (κ1) is 11.8. The molecule has 0 spiro atoms. The van der Waals surface area contributed by atoms with E-state index in [9.17, 15) is 9.59 Å². The summed E-state index contributed by atoms with van der Waals surface area (Å²) in [5.41, 5.74) is 0. The van der Waals surface area contributed by atoms with Gasteiger partial charge in [-0.25, -0.2) is 4.79 Å². The third-order valence-electron chi connectivity index (χ3n) is 2.54. The summed E-state index contributed by atoms with van der Waals surface area (Å²) in [6, 6.07) is 0.0317. The summed E-state index contributed by atoms with van der Waals surface area (Å²) < 4.78 is 0. The van der Waals surface area contributed by atoms with Crippen LogP contribution in [-0.2, 0) is 4.79 Å². The van der Waals surface area contributed by atoms with Crippen molar-refractivity contribution in [2.24, 2.45) is 5.92 Å². The molecule has 0 aromatic rings. The normalized spacial score (nSPS) is 16.9. The Kier molecular flexibility index (Phi) is 4.39. The lowest BCUT2D eigenvalue weighted by Crippen LogP contribution is -2.42. The fraction of sp³-hybridized carbons (Fsp3) is 0.800. The standard InChI is InChI=1S/C10H18N2O3/c1-7(8-4-5-8)12-10(15)11-6-2-3-9(13)14/h7-8H,2-6H2,1H3,(H,13,14)(H2,11,12,15). The van der Waals surface area contributed by atoms with Crippen LogP contribution in [0.4, 0.5) is 4.79 Å². The number of carbonyl (C=O) groups excluding carboxylic acids is 1. The maximum atomic E-state index is 11.3. The molecule has 2 amide bonds. The average Bonchev–Trinajstić information content (AvgIpc) is 2.94. The van der Waals surface area contributed by atoms with E-state index in [1.54, 1.807) is 0 Å². The number of carboxylic acid groups (broad SMARTS) is 1. The highest BCUT2D eigenvalue weighted by atomic mass is 16.4. The maximum absolute atomic E-state index is 11.3. The Hall–Kier alpha value is -1.26. The van der Waals surface area contributed by atoms with Crippen molar-refractivity contribution in [2.45, 2.75) is 38.6 Å². The molecule has 5 heteroatoms. The minimum atomic E-state index is -0.830. The van der Waals surface area contributed by atoms with Crippen molar-refractivity contribution < 1.29 is 14.7 Å². The quantitative estimate of drug-likeness (QED) is 0.576. The number of rotatable bonds is 6. The van der Waals surface area contributed by atoms with Crippen molar-refractivity contribution in [3.05, 3.63) is 0 Å². The van der Waals surface area contributed by atoms with Gasteiger partial charge in [0, 0.05) is 19.0 Å². The summed E-state index contributed by atoms with van der Waals surface area (Å²) in [4.78, 5) is 21.5. The van der Waals surface area contributed by atoms with Gasteiger partial charge in [-0.1, -0.05) is 0 Å². The second kappa shape index (κ2) is 5.58. The number of hydrogen-bond acceptors (Lipinski definition) is 2. The fourth-order valence-corrected chi connectivity index (χ4v) is 1.41. The number of hydrogen-bond donors (Lipinski definition) is 3. The molecule has 0 aromatic heterocycles. The lowest BCUT2D eigenvalue weighted by Gasteiger charge is -2.13. The van der Waals surface area contributed by atoms with Crippen LogP contribution < -0.4 is 10.6 Å². The highest BCUT2D eigenvalue weighted by molar-refractivity contribution is 5.74. The van der Waals surface area contributed by atoms with Crippen LogP contribution in [0.25, 0.3) is 0 Å². The molecule has 15 heavy (non-hydrogen) atoms. The van der Waals surface area contributed by atoms with E-state index in [2.05, 4.69) is 10.6 Å². The predicted molar refractivity (Wildman–Crippen MR) is 55.6 cm³/mol. The average molecular weight is 214 g/mol. The Morgan fingerprint density at radius 2 is 2.13 bits per heavy atom. The molecule has 1 unspecified atom stereocenters. The molecule has 86 valence electrons. The molecule has 1 aliphatic rings. The van der Waals surface area contributed by atoms with Gasteiger partial charge >= 0.3 is 12.0 Å². The van der Waals surface area contributed by atoms with E-state index in [-0.39, 0.29) is 18.5 Å². The molecule has 0 heterocycles. The molecule has 0 saturated heterocycles. The summed E-state index contributed by atoms with van der Waals surface area (Å²) in [5.74, 6) is -0.196. The topological polar surface area (TPSA) is 78.4 Å². The summed E-state index contributed by atoms with van der Waals surface area (Å²) in [5, 5.41) is 13.8. The Morgan fingerprint density at radius 3 is 2.67 bits per heavy atom. The third-order valence-corrected chi connectivity index (χ3v) is 2.54. The van der Waals surface area contributed by atoms with Gasteiger partial charge in [-0.3, -0.25) is 4.79 Å². The largest absolute Gasteiger partial charge is 0.481 e. The number of carbonyl (C=O) groups is 2. The second-order valence-corrected chi connectivity index (χ2v) is 4.02. The van der Waals surface area contributed by atoms with Crippen LogP contribution in [0.3, 0.4) is 0 Å². The van der Waals surface area contributed by atoms with E-state index in [4.69, 9.17) is 5.11 Å². The number of aliphatic carboxylic acids is 1. The summed E-state index contributed by atoms with van der Waals surface area (Å²) in [6.45, 7) is 2.41. The van der Waals surface area contributed by atoms with Crippen molar-refractivity contribution in [1.29, 1.82) is 0 Å². The minimum Gasteiger partial charge on any atom is -0.481 e. The van der Waals surface area contributed by atoms with Gasteiger partial charge in [-0.15, -0.1) is 0 Å². The third kappa shape index (κ3) is 5.24. The molecule has 1 saturated carbocycles. The molecular weight excluding hydrogens is 196 g/mol. The Balaban J connectivity index is 2.00. The molecule has 0 aromatic carbocycles. The van der Waals surface area contributed by atoms with Crippen LogP contribution in [0.5, 0.6) is 0 Å². The van der Waals surface area contributed by atoms with E-state index < -0.39 is 5.97 Å². The lowest BCUT2D eigenvalue weighted by atomic mass is 10.2. The van der Waals surface area contributed by atoms with Crippen LogP contribution in [-0.4, -0.2) is 29.7 Å². The monoisotopic (exact) mass is 214 g/mol. The molecular formula is C10H18N2O3.